The molecule has 2 aliphatic rings. The summed E-state index contributed by atoms with van der Waals surface area (Å²) in [7, 11) is 0. The molecule has 0 unspecified atom stereocenters. The summed E-state index contributed by atoms with van der Waals surface area (Å²) in [6.07, 6.45) is 14.4. The van der Waals surface area contributed by atoms with E-state index < -0.39 is 0 Å². The highest BCUT2D eigenvalue weighted by atomic mass is 16.2. The van der Waals surface area contributed by atoms with Gasteiger partial charge in [-0.25, -0.2) is 9.50 Å². The second-order valence-electron chi connectivity index (χ2n) is 7.00. The van der Waals surface area contributed by atoms with Gasteiger partial charge in [0.25, 0.3) is 5.91 Å². The lowest BCUT2D eigenvalue weighted by Gasteiger charge is -2.23. The van der Waals surface area contributed by atoms with E-state index in [1.54, 1.807) is 16.8 Å². The van der Waals surface area contributed by atoms with E-state index in [-0.39, 0.29) is 5.91 Å². The Hall–Kier alpha value is -2.17. The molecule has 2 aromatic heterocycles. The molecule has 1 saturated carbocycles. The summed E-state index contributed by atoms with van der Waals surface area (Å²) in [5.74, 6) is 0.730. The van der Waals surface area contributed by atoms with Gasteiger partial charge in [-0.3, -0.25) is 4.79 Å². The minimum atomic E-state index is 0.0452. The highest BCUT2D eigenvalue weighted by molar-refractivity contribution is 5.93. The molecule has 0 aliphatic heterocycles. The van der Waals surface area contributed by atoms with Crippen LogP contribution in [0.1, 0.15) is 55.4 Å². The molecule has 5 heteroatoms. The maximum Gasteiger partial charge on any atom is 0.274 e. The average molecular weight is 324 g/mol. The molecule has 0 saturated heterocycles. The largest absolute Gasteiger partial charge is 0.337 e. The molecular formula is C19H24N4O. The van der Waals surface area contributed by atoms with Crippen LogP contribution in [0.25, 0.3) is 5.65 Å². The Labute approximate surface area is 142 Å². The summed E-state index contributed by atoms with van der Waals surface area (Å²) < 4.78 is 1.67. The molecule has 0 bridgehead atoms. The van der Waals surface area contributed by atoms with Crippen molar-refractivity contribution in [2.45, 2.75) is 44.9 Å². The number of carbonyl (C=O) groups is 1. The van der Waals surface area contributed by atoms with Crippen molar-refractivity contribution in [1.29, 1.82) is 0 Å². The van der Waals surface area contributed by atoms with Gasteiger partial charge < -0.3 is 4.90 Å². The third-order valence-corrected chi connectivity index (χ3v) is 5.01. The molecule has 1 amide bonds. The van der Waals surface area contributed by atoms with E-state index >= 15 is 0 Å². The zero-order valence-corrected chi connectivity index (χ0v) is 14.0. The van der Waals surface area contributed by atoms with Gasteiger partial charge in [0.2, 0.25) is 0 Å². The minimum absolute atomic E-state index is 0.0452. The maximum absolute atomic E-state index is 13.0. The van der Waals surface area contributed by atoms with E-state index in [1.807, 2.05) is 17.2 Å². The van der Waals surface area contributed by atoms with Gasteiger partial charge in [0.05, 0.1) is 0 Å². The third-order valence-electron chi connectivity index (χ3n) is 5.01. The van der Waals surface area contributed by atoms with Gasteiger partial charge in [-0.2, -0.15) is 5.10 Å². The fourth-order valence-electron chi connectivity index (χ4n) is 3.39. The molecule has 1 fully saturated rings. The van der Waals surface area contributed by atoms with Crippen LogP contribution in [0.5, 0.6) is 0 Å². The second-order valence-corrected chi connectivity index (χ2v) is 7.00. The topological polar surface area (TPSA) is 50.5 Å². The van der Waals surface area contributed by atoms with Gasteiger partial charge in [-0.1, -0.05) is 11.6 Å². The second kappa shape index (κ2) is 6.75. The van der Waals surface area contributed by atoms with Crippen LogP contribution in [0.2, 0.25) is 0 Å². The smallest absolute Gasteiger partial charge is 0.274 e. The van der Waals surface area contributed by atoms with Crippen molar-refractivity contribution in [2.75, 3.05) is 13.1 Å². The van der Waals surface area contributed by atoms with Crippen LogP contribution < -0.4 is 0 Å². The lowest BCUT2D eigenvalue weighted by atomic mass is 9.97. The molecule has 24 heavy (non-hydrogen) atoms. The number of hydrogen-bond acceptors (Lipinski definition) is 3. The number of nitrogens with zero attached hydrogens (tertiary/aromatic N) is 4. The first-order valence-corrected chi connectivity index (χ1v) is 9.07. The Morgan fingerprint density at radius 3 is 3.00 bits per heavy atom. The Morgan fingerprint density at radius 2 is 2.25 bits per heavy atom. The monoisotopic (exact) mass is 324 g/mol. The fraction of sp³-hybridized carbons (Fsp3) is 0.526. The molecule has 0 aromatic carbocycles. The first-order chi connectivity index (χ1) is 11.8. The van der Waals surface area contributed by atoms with Gasteiger partial charge in [-0.05, 0) is 56.9 Å². The van der Waals surface area contributed by atoms with Crippen LogP contribution in [0.4, 0.5) is 0 Å². The van der Waals surface area contributed by atoms with Crippen LogP contribution in [0.3, 0.4) is 0 Å². The Kier molecular flexibility index (Phi) is 4.32. The van der Waals surface area contributed by atoms with E-state index in [1.165, 1.54) is 44.1 Å². The zero-order chi connectivity index (χ0) is 16.4. The first kappa shape index (κ1) is 15.4. The number of aromatic nitrogens is 3. The van der Waals surface area contributed by atoms with E-state index in [0.29, 0.717) is 11.6 Å². The van der Waals surface area contributed by atoms with Crippen molar-refractivity contribution in [3.05, 3.63) is 41.9 Å². The number of rotatable bonds is 6. The highest BCUT2D eigenvalue weighted by Gasteiger charge is 2.28. The van der Waals surface area contributed by atoms with Gasteiger partial charge in [0, 0.05) is 31.5 Å². The van der Waals surface area contributed by atoms with E-state index in [4.69, 9.17) is 0 Å². The lowest BCUT2D eigenvalue weighted by molar-refractivity contribution is 0.0743. The molecule has 0 radical (unpaired) electrons. The van der Waals surface area contributed by atoms with Gasteiger partial charge in [-0.15, -0.1) is 0 Å². The van der Waals surface area contributed by atoms with E-state index in [2.05, 4.69) is 16.2 Å². The third kappa shape index (κ3) is 3.50. The SMILES string of the molecule is O=C(c1cc2ncccn2n1)N(CCC1=CCCCC1)CC1CC1. The maximum atomic E-state index is 13.0. The number of carbonyl (C=O) groups excluding carboxylic acids is 1. The number of hydrogen-bond donors (Lipinski definition) is 0. The highest BCUT2D eigenvalue weighted by Crippen LogP contribution is 2.30. The van der Waals surface area contributed by atoms with Gasteiger partial charge in [0.1, 0.15) is 0 Å². The van der Waals surface area contributed by atoms with Crippen molar-refractivity contribution >= 4 is 11.6 Å². The Morgan fingerprint density at radius 1 is 1.33 bits per heavy atom. The summed E-state index contributed by atoms with van der Waals surface area (Å²) >= 11 is 0. The van der Waals surface area contributed by atoms with Crippen LogP contribution >= 0.6 is 0 Å². The average Bonchev–Trinajstić information content (AvgIpc) is 3.34. The quantitative estimate of drug-likeness (QED) is 0.765. The number of allylic oxidation sites excluding steroid dienone is 1. The molecule has 2 aliphatic carbocycles. The summed E-state index contributed by atoms with van der Waals surface area (Å²) in [6.45, 7) is 1.68. The van der Waals surface area contributed by atoms with Crippen molar-refractivity contribution in [2.24, 2.45) is 5.92 Å². The van der Waals surface area contributed by atoms with Gasteiger partial charge in [0.15, 0.2) is 11.3 Å². The predicted octanol–water partition coefficient (Wildman–Crippen LogP) is 3.47. The molecule has 0 N–H and O–H groups in total. The Bertz CT molecular complexity index is 727. The van der Waals surface area contributed by atoms with Crippen LogP contribution in [-0.2, 0) is 0 Å². The molecule has 2 heterocycles. The molecule has 126 valence electrons. The van der Waals surface area contributed by atoms with Gasteiger partial charge >= 0.3 is 0 Å². The zero-order valence-electron chi connectivity index (χ0n) is 14.0. The van der Waals surface area contributed by atoms with E-state index in [9.17, 15) is 4.79 Å². The van der Waals surface area contributed by atoms with Crippen LogP contribution in [0, 0.1) is 5.92 Å². The first-order valence-electron chi connectivity index (χ1n) is 9.07. The van der Waals surface area contributed by atoms with Crippen molar-refractivity contribution in [3.63, 3.8) is 0 Å². The van der Waals surface area contributed by atoms with Crippen LogP contribution in [0.15, 0.2) is 36.2 Å². The summed E-state index contributed by atoms with van der Waals surface area (Å²) in [5, 5.41) is 4.40. The van der Waals surface area contributed by atoms with Crippen molar-refractivity contribution in [1.82, 2.24) is 19.5 Å². The molecule has 5 nitrogen and oxygen atoms in total. The van der Waals surface area contributed by atoms with Crippen LogP contribution in [-0.4, -0.2) is 38.5 Å². The molecule has 0 spiro atoms. The Balaban J connectivity index is 1.48. The fourth-order valence-corrected chi connectivity index (χ4v) is 3.39. The summed E-state index contributed by atoms with van der Waals surface area (Å²) in [4.78, 5) is 19.2. The minimum Gasteiger partial charge on any atom is -0.337 e. The normalized spacial score (nSPS) is 17.8. The molecular weight excluding hydrogens is 300 g/mol. The summed E-state index contributed by atoms with van der Waals surface area (Å²) in [6, 6.07) is 3.62. The number of fused-ring (bicyclic) bond motifs is 1. The number of amides is 1. The van der Waals surface area contributed by atoms with Crippen molar-refractivity contribution in [3.8, 4) is 0 Å². The van der Waals surface area contributed by atoms with E-state index in [0.717, 1.165) is 25.2 Å². The summed E-state index contributed by atoms with van der Waals surface area (Å²) in [5.41, 5.74) is 2.75. The van der Waals surface area contributed by atoms with Crippen molar-refractivity contribution < 1.29 is 4.79 Å². The molecule has 4 rings (SSSR count). The molecule has 0 atom stereocenters. The standard InChI is InChI=1S/C19H24N4O/c24-19(17-13-18-20-10-4-11-23(18)21-17)22(14-16-7-8-16)12-9-15-5-2-1-3-6-15/h4-5,10-11,13,16H,1-3,6-9,12,14H2. The molecule has 2 aromatic rings. The predicted molar refractivity (Wildman–Crippen MR) is 92.8 cm³/mol. The lowest BCUT2D eigenvalue weighted by Crippen LogP contribution is -2.34.